The zero-order valence-corrected chi connectivity index (χ0v) is 7.25. The first-order chi connectivity index (χ1) is 5.88. The zero-order chi connectivity index (χ0) is 8.81. The Morgan fingerprint density at radius 1 is 1.50 bits per heavy atom. The Labute approximate surface area is 73.9 Å². The number of aldehydes is 1. The first-order valence-corrected chi connectivity index (χ1v) is 4.34. The van der Waals surface area contributed by atoms with E-state index >= 15 is 0 Å². The maximum atomic E-state index is 10.3. The largest absolute Gasteiger partial charge is 0.303 e. The number of hydrogen-bond donors (Lipinski definition) is 0. The fraction of sp³-hybridized carbons (Fsp3) is 0.600. The molecule has 1 heterocycles. The summed E-state index contributed by atoms with van der Waals surface area (Å²) in [6, 6.07) is 0.113. The quantitative estimate of drug-likeness (QED) is 0.456. The predicted octanol–water partition coefficient (Wildman–Crippen LogP) is 0.877. The molecule has 1 fully saturated rings. The molecule has 12 heavy (non-hydrogen) atoms. The Morgan fingerprint density at radius 2 is 2.17 bits per heavy atom. The van der Waals surface area contributed by atoms with E-state index in [-0.39, 0.29) is 6.04 Å². The second-order valence-electron chi connectivity index (χ2n) is 2.98. The van der Waals surface area contributed by atoms with Gasteiger partial charge >= 0.3 is 0 Å². The predicted molar refractivity (Wildman–Crippen MR) is 48.4 cm³/mol. The van der Waals surface area contributed by atoms with Crippen LogP contribution in [0.4, 0.5) is 0 Å². The minimum Gasteiger partial charge on any atom is -0.303 e. The van der Waals surface area contributed by atoms with Crippen LogP contribution in [0.5, 0.6) is 0 Å². The van der Waals surface area contributed by atoms with Crippen molar-refractivity contribution < 1.29 is 4.79 Å². The van der Waals surface area contributed by atoms with Gasteiger partial charge in [-0.3, -0.25) is 4.90 Å². The summed E-state index contributed by atoms with van der Waals surface area (Å²) in [6.07, 6.45) is 3.91. The molecule has 0 bridgehead atoms. The van der Waals surface area contributed by atoms with E-state index in [0.717, 1.165) is 19.4 Å². The van der Waals surface area contributed by atoms with Gasteiger partial charge in [0.25, 0.3) is 0 Å². The summed E-state index contributed by atoms with van der Waals surface area (Å²) in [6.45, 7) is 5.63. The summed E-state index contributed by atoms with van der Waals surface area (Å²) >= 11 is 0. The third-order valence-corrected chi connectivity index (χ3v) is 2.17. The number of hydrogen-bond acceptors (Lipinski definition) is 2. The van der Waals surface area contributed by atoms with Gasteiger partial charge in [0.05, 0.1) is 6.04 Å². The lowest BCUT2D eigenvalue weighted by atomic mass is 10.2. The van der Waals surface area contributed by atoms with Crippen LogP contribution in [-0.4, -0.2) is 30.3 Å². The van der Waals surface area contributed by atoms with E-state index in [4.69, 9.17) is 0 Å². The van der Waals surface area contributed by atoms with Crippen LogP contribution in [0, 0.1) is 18.8 Å². The fourth-order valence-corrected chi connectivity index (χ4v) is 1.56. The summed E-state index contributed by atoms with van der Waals surface area (Å²) in [5.74, 6) is 5.59. The van der Waals surface area contributed by atoms with E-state index in [1.54, 1.807) is 0 Å². The molecule has 0 saturated carbocycles. The van der Waals surface area contributed by atoms with Crippen molar-refractivity contribution in [1.29, 1.82) is 0 Å². The Balaban J connectivity index is 2.48. The fourth-order valence-electron chi connectivity index (χ4n) is 1.56. The first-order valence-electron chi connectivity index (χ1n) is 4.34. The van der Waals surface area contributed by atoms with Crippen molar-refractivity contribution in [1.82, 2.24) is 4.90 Å². The molecule has 1 atom stereocenters. The van der Waals surface area contributed by atoms with Crippen LogP contribution in [0.1, 0.15) is 19.3 Å². The minimum absolute atomic E-state index is 0.113. The van der Waals surface area contributed by atoms with Crippen LogP contribution in [0.15, 0.2) is 0 Å². The normalized spacial score (nSPS) is 19.8. The average molecular weight is 164 g/mol. The summed E-state index contributed by atoms with van der Waals surface area (Å²) in [7, 11) is 0. The Hall–Kier alpha value is -0.810. The molecule has 1 unspecified atom stereocenters. The molecule has 0 aromatic rings. The molecule has 1 radical (unpaired) electrons. The smallest absolute Gasteiger partial charge is 0.122 e. The molecule has 1 rings (SSSR count). The van der Waals surface area contributed by atoms with Crippen LogP contribution in [0.3, 0.4) is 0 Å². The van der Waals surface area contributed by atoms with E-state index < -0.39 is 0 Å². The van der Waals surface area contributed by atoms with Gasteiger partial charge in [-0.05, 0) is 25.9 Å². The van der Waals surface area contributed by atoms with Crippen molar-refractivity contribution in [3.63, 3.8) is 0 Å². The second-order valence-corrected chi connectivity index (χ2v) is 2.98. The molecule has 0 N–H and O–H groups in total. The summed E-state index contributed by atoms with van der Waals surface area (Å²) in [5, 5.41) is 0. The van der Waals surface area contributed by atoms with Crippen molar-refractivity contribution in [3.8, 4) is 11.8 Å². The standard InChI is InChI=1S/C10H14NO/c1-2-5-10(6-9-12)11-7-3-4-8-11/h9-10H,1,3-4,6-8H2. The minimum atomic E-state index is 0.113. The van der Waals surface area contributed by atoms with E-state index in [1.165, 1.54) is 12.8 Å². The molecule has 0 aromatic heterocycles. The molecule has 2 nitrogen and oxygen atoms in total. The molecule has 0 spiro atoms. The van der Waals surface area contributed by atoms with Gasteiger partial charge in [0.2, 0.25) is 0 Å². The van der Waals surface area contributed by atoms with Crippen molar-refractivity contribution in [2.45, 2.75) is 25.3 Å². The molecular formula is C10H14NO. The highest BCUT2D eigenvalue weighted by Gasteiger charge is 2.19. The molecule has 0 aliphatic carbocycles. The van der Waals surface area contributed by atoms with Gasteiger partial charge in [0.15, 0.2) is 0 Å². The molecule has 0 amide bonds. The van der Waals surface area contributed by atoms with Crippen molar-refractivity contribution in [2.24, 2.45) is 0 Å². The van der Waals surface area contributed by atoms with Gasteiger partial charge in [-0.2, -0.15) is 0 Å². The number of carbonyl (C=O) groups is 1. The van der Waals surface area contributed by atoms with E-state index in [9.17, 15) is 4.79 Å². The topological polar surface area (TPSA) is 20.3 Å². The third-order valence-electron chi connectivity index (χ3n) is 2.17. The Morgan fingerprint density at radius 3 is 2.67 bits per heavy atom. The Bertz CT molecular complexity index is 196. The third kappa shape index (κ3) is 2.35. The highest BCUT2D eigenvalue weighted by molar-refractivity contribution is 5.51. The SMILES string of the molecule is [CH2]C#CC(CC=O)N1CCCC1. The lowest BCUT2D eigenvalue weighted by molar-refractivity contribution is -0.108. The highest BCUT2D eigenvalue weighted by atomic mass is 16.1. The molecule has 1 saturated heterocycles. The van der Waals surface area contributed by atoms with Gasteiger partial charge in [-0.25, -0.2) is 0 Å². The van der Waals surface area contributed by atoms with Crippen LogP contribution in [0.25, 0.3) is 0 Å². The lowest BCUT2D eigenvalue weighted by Crippen LogP contribution is -2.31. The summed E-state index contributed by atoms with van der Waals surface area (Å²) in [5.41, 5.74) is 0. The number of rotatable bonds is 3. The van der Waals surface area contributed by atoms with E-state index in [0.29, 0.717) is 6.42 Å². The average Bonchev–Trinajstić information content (AvgIpc) is 2.56. The molecule has 1 aliphatic heterocycles. The number of nitrogens with zero attached hydrogens (tertiary/aromatic N) is 1. The number of carbonyl (C=O) groups excluding carboxylic acids is 1. The summed E-state index contributed by atoms with van der Waals surface area (Å²) < 4.78 is 0. The zero-order valence-electron chi connectivity index (χ0n) is 7.25. The second kappa shape index (κ2) is 4.95. The van der Waals surface area contributed by atoms with E-state index in [1.807, 2.05) is 0 Å². The van der Waals surface area contributed by atoms with E-state index in [2.05, 4.69) is 23.7 Å². The maximum Gasteiger partial charge on any atom is 0.122 e. The van der Waals surface area contributed by atoms with Crippen molar-refractivity contribution in [3.05, 3.63) is 6.92 Å². The van der Waals surface area contributed by atoms with Crippen molar-refractivity contribution in [2.75, 3.05) is 13.1 Å². The lowest BCUT2D eigenvalue weighted by Gasteiger charge is -2.20. The van der Waals surface area contributed by atoms with Gasteiger partial charge in [0, 0.05) is 13.3 Å². The van der Waals surface area contributed by atoms with Crippen LogP contribution >= 0.6 is 0 Å². The highest BCUT2D eigenvalue weighted by Crippen LogP contribution is 2.12. The molecule has 0 aromatic carbocycles. The van der Waals surface area contributed by atoms with Crippen molar-refractivity contribution >= 4 is 6.29 Å². The first kappa shape index (κ1) is 9.28. The Kier molecular flexibility index (Phi) is 3.83. The van der Waals surface area contributed by atoms with Crippen LogP contribution < -0.4 is 0 Å². The molecule has 65 valence electrons. The van der Waals surface area contributed by atoms with Gasteiger partial charge in [0.1, 0.15) is 6.29 Å². The maximum absolute atomic E-state index is 10.3. The van der Waals surface area contributed by atoms with Crippen LogP contribution in [-0.2, 0) is 4.79 Å². The van der Waals surface area contributed by atoms with Gasteiger partial charge < -0.3 is 4.79 Å². The van der Waals surface area contributed by atoms with Gasteiger partial charge in [-0.1, -0.05) is 5.92 Å². The molecule has 2 heteroatoms. The van der Waals surface area contributed by atoms with Crippen LogP contribution in [0.2, 0.25) is 0 Å². The summed E-state index contributed by atoms with van der Waals surface area (Å²) in [4.78, 5) is 12.6. The monoisotopic (exact) mass is 164 g/mol. The number of likely N-dealkylation sites (tertiary alicyclic amines) is 1. The van der Waals surface area contributed by atoms with Gasteiger partial charge in [-0.15, -0.1) is 5.92 Å². The molecule has 1 aliphatic rings. The molecular weight excluding hydrogens is 150 g/mol.